The maximum absolute atomic E-state index is 10.8. The fourth-order valence-corrected chi connectivity index (χ4v) is 1.93. The van der Waals surface area contributed by atoms with Crippen molar-refractivity contribution in [1.82, 2.24) is 4.98 Å². The molecule has 0 aliphatic rings. The van der Waals surface area contributed by atoms with Gasteiger partial charge in [-0.05, 0) is 29.8 Å². The first-order valence-electron chi connectivity index (χ1n) is 5.41. The summed E-state index contributed by atoms with van der Waals surface area (Å²) in [5.41, 5.74) is 1.96. The molecule has 0 bridgehead atoms. The number of carbonyl (C=O) groups is 1. The van der Waals surface area contributed by atoms with E-state index < -0.39 is 0 Å². The van der Waals surface area contributed by atoms with E-state index in [1.54, 1.807) is 6.20 Å². The lowest BCUT2D eigenvalue weighted by Crippen LogP contribution is -2.03. The molecule has 0 fully saturated rings. The van der Waals surface area contributed by atoms with Crippen LogP contribution in [0, 0.1) is 0 Å². The van der Waals surface area contributed by atoms with Crippen molar-refractivity contribution in [2.45, 2.75) is 12.3 Å². The summed E-state index contributed by atoms with van der Waals surface area (Å²) in [5.74, 6) is 0.00552. The van der Waals surface area contributed by atoms with Gasteiger partial charge in [-0.3, -0.25) is 4.98 Å². The van der Waals surface area contributed by atoms with Crippen LogP contribution < -0.4 is 0 Å². The van der Waals surface area contributed by atoms with Gasteiger partial charge in [0.05, 0.1) is 0 Å². The van der Waals surface area contributed by atoms with Crippen molar-refractivity contribution < 1.29 is 4.79 Å². The minimum atomic E-state index is 0.00552. The number of halogens is 1. The van der Waals surface area contributed by atoms with Gasteiger partial charge in [-0.1, -0.05) is 29.8 Å². The summed E-state index contributed by atoms with van der Waals surface area (Å²) >= 11 is 5.85. The van der Waals surface area contributed by atoms with Crippen molar-refractivity contribution in [2.75, 3.05) is 0 Å². The van der Waals surface area contributed by atoms with E-state index in [9.17, 15) is 4.79 Å². The third-order valence-electron chi connectivity index (χ3n) is 2.65. The molecule has 1 aromatic carbocycles. The van der Waals surface area contributed by atoms with E-state index in [2.05, 4.69) is 4.98 Å². The lowest BCUT2D eigenvalue weighted by molar-refractivity contribution is -0.108. The van der Waals surface area contributed by atoms with Crippen LogP contribution in [0.25, 0.3) is 0 Å². The number of nitrogens with zero attached hydrogens (tertiary/aromatic N) is 1. The molecule has 0 amide bonds. The lowest BCUT2D eigenvalue weighted by Gasteiger charge is -2.14. The van der Waals surface area contributed by atoms with E-state index in [-0.39, 0.29) is 5.92 Å². The molecular weight excluding hydrogens is 234 g/mol. The molecule has 0 N–H and O–H groups in total. The zero-order valence-electron chi connectivity index (χ0n) is 9.21. The number of aromatic nitrogens is 1. The van der Waals surface area contributed by atoms with Crippen molar-refractivity contribution in [3.63, 3.8) is 0 Å². The van der Waals surface area contributed by atoms with E-state index >= 15 is 0 Å². The normalized spacial score (nSPS) is 12.1. The summed E-state index contributed by atoms with van der Waals surface area (Å²) in [6.45, 7) is 0. The van der Waals surface area contributed by atoms with Crippen LogP contribution in [0.2, 0.25) is 5.02 Å². The van der Waals surface area contributed by atoms with E-state index in [0.717, 1.165) is 17.5 Å². The van der Waals surface area contributed by atoms with E-state index in [0.29, 0.717) is 11.4 Å². The van der Waals surface area contributed by atoms with E-state index in [4.69, 9.17) is 11.6 Å². The Labute approximate surface area is 105 Å². The fraction of sp³-hybridized carbons (Fsp3) is 0.143. The Balaban J connectivity index is 2.35. The summed E-state index contributed by atoms with van der Waals surface area (Å²) in [5, 5.41) is 0.694. The van der Waals surface area contributed by atoms with Gasteiger partial charge in [0.25, 0.3) is 0 Å². The standard InChI is InChI=1S/C14H12ClNO/c15-12-6-4-11(5-7-12)13(8-10-17)14-3-1-2-9-16-14/h1-7,9-10,13H,8H2. The summed E-state index contributed by atoms with van der Waals surface area (Å²) < 4.78 is 0. The SMILES string of the molecule is O=CCC(c1ccc(Cl)cc1)c1ccccn1. The molecule has 1 atom stereocenters. The van der Waals surface area contributed by atoms with Crippen LogP contribution in [-0.4, -0.2) is 11.3 Å². The summed E-state index contributed by atoms with van der Waals surface area (Å²) in [6, 6.07) is 13.3. The first-order chi connectivity index (χ1) is 8.31. The van der Waals surface area contributed by atoms with Crippen LogP contribution in [0.15, 0.2) is 48.7 Å². The topological polar surface area (TPSA) is 30.0 Å². The first kappa shape index (κ1) is 11.8. The van der Waals surface area contributed by atoms with E-state index in [1.807, 2.05) is 42.5 Å². The van der Waals surface area contributed by atoms with Gasteiger partial charge < -0.3 is 4.79 Å². The Morgan fingerprint density at radius 3 is 2.53 bits per heavy atom. The zero-order valence-corrected chi connectivity index (χ0v) is 9.97. The Morgan fingerprint density at radius 2 is 1.94 bits per heavy atom. The van der Waals surface area contributed by atoms with Crippen molar-refractivity contribution >= 4 is 17.9 Å². The van der Waals surface area contributed by atoms with Crippen LogP contribution >= 0.6 is 11.6 Å². The quantitative estimate of drug-likeness (QED) is 0.773. The molecule has 0 radical (unpaired) electrons. The minimum Gasteiger partial charge on any atom is -0.303 e. The highest BCUT2D eigenvalue weighted by Gasteiger charge is 2.14. The molecule has 2 aromatic rings. The highest BCUT2D eigenvalue weighted by atomic mass is 35.5. The molecular formula is C14H12ClNO. The van der Waals surface area contributed by atoms with Gasteiger partial charge in [0.2, 0.25) is 0 Å². The second kappa shape index (κ2) is 5.60. The third kappa shape index (κ3) is 2.92. The van der Waals surface area contributed by atoms with Gasteiger partial charge in [0.15, 0.2) is 0 Å². The number of carbonyl (C=O) groups excluding carboxylic acids is 1. The van der Waals surface area contributed by atoms with Crippen molar-refractivity contribution in [1.29, 1.82) is 0 Å². The average molecular weight is 246 g/mol. The Morgan fingerprint density at radius 1 is 1.18 bits per heavy atom. The van der Waals surface area contributed by atoms with Crippen LogP contribution in [0.3, 0.4) is 0 Å². The second-order valence-electron chi connectivity index (χ2n) is 3.76. The largest absolute Gasteiger partial charge is 0.303 e. The molecule has 1 heterocycles. The molecule has 1 aromatic heterocycles. The minimum absolute atomic E-state index is 0.00552. The number of hydrogen-bond donors (Lipinski definition) is 0. The second-order valence-corrected chi connectivity index (χ2v) is 4.20. The van der Waals surface area contributed by atoms with Gasteiger partial charge >= 0.3 is 0 Å². The fourth-order valence-electron chi connectivity index (χ4n) is 1.80. The van der Waals surface area contributed by atoms with Gasteiger partial charge in [0.1, 0.15) is 6.29 Å². The number of hydrogen-bond acceptors (Lipinski definition) is 2. The molecule has 2 rings (SSSR count). The van der Waals surface area contributed by atoms with Gasteiger partial charge in [-0.2, -0.15) is 0 Å². The number of aldehydes is 1. The smallest absolute Gasteiger partial charge is 0.120 e. The Bertz CT molecular complexity index is 481. The predicted molar refractivity (Wildman–Crippen MR) is 68.2 cm³/mol. The summed E-state index contributed by atoms with van der Waals surface area (Å²) in [4.78, 5) is 15.1. The first-order valence-corrected chi connectivity index (χ1v) is 5.79. The van der Waals surface area contributed by atoms with Gasteiger partial charge in [0, 0.05) is 29.3 Å². The molecule has 3 heteroatoms. The highest BCUT2D eigenvalue weighted by Crippen LogP contribution is 2.26. The molecule has 0 aliphatic carbocycles. The van der Waals surface area contributed by atoms with Crippen LogP contribution in [-0.2, 0) is 4.79 Å². The Kier molecular flexibility index (Phi) is 3.89. The van der Waals surface area contributed by atoms with Gasteiger partial charge in [-0.25, -0.2) is 0 Å². The van der Waals surface area contributed by atoms with Gasteiger partial charge in [-0.15, -0.1) is 0 Å². The molecule has 0 spiro atoms. The predicted octanol–water partition coefficient (Wildman–Crippen LogP) is 3.46. The van der Waals surface area contributed by atoms with Crippen LogP contribution in [0.1, 0.15) is 23.6 Å². The average Bonchev–Trinajstić information content (AvgIpc) is 2.38. The monoisotopic (exact) mass is 245 g/mol. The van der Waals surface area contributed by atoms with Crippen molar-refractivity contribution in [3.8, 4) is 0 Å². The molecule has 1 unspecified atom stereocenters. The molecule has 0 saturated carbocycles. The molecule has 86 valence electrons. The number of benzene rings is 1. The van der Waals surface area contributed by atoms with Crippen molar-refractivity contribution in [3.05, 3.63) is 64.9 Å². The third-order valence-corrected chi connectivity index (χ3v) is 2.90. The maximum atomic E-state index is 10.8. The number of pyridine rings is 1. The van der Waals surface area contributed by atoms with Crippen LogP contribution in [0.4, 0.5) is 0 Å². The van der Waals surface area contributed by atoms with Crippen LogP contribution in [0.5, 0.6) is 0 Å². The van der Waals surface area contributed by atoms with Crippen molar-refractivity contribution in [2.24, 2.45) is 0 Å². The Hall–Kier alpha value is -1.67. The maximum Gasteiger partial charge on any atom is 0.120 e. The lowest BCUT2D eigenvalue weighted by atomic mass is 9.93. The van der Waals surface area contributed by atoms with E-state index in [1.165, 1.54) is 0 Å². The summed E-state index contributed by atoms with van der Waals surface area (Å²) in [7, 11) is 0. The molecule has 0 aliphatic heterocycles. The molecule has 0 saturated heterocycles. The highest BCUT2D eigenvalue weighted by molar-refractivity contribution is 6.30. The zero-order chi connectivity index (χ0) is 12.1. The number of rotatable bonds is 4. The molecule has 2 nitrogen and oxygen atoms in total. The summed E-state index contributed by atoms with van der Waals surface area (Å²) in [6.07, 6.45) is 3.09. The molecule has 17 heavy (non-hydrogen) atoms.